The van der Waals surface area contributed by atoms with Crippen molar-refractivity contribution in [2.24, 2.45) is 0 Å². The molecule has 1 heterocycles. The van der Waals surface area contributed by atoms with Crippen LogP contribution in [0.2, 0.25) is 0 Å². The van der Waals surface area contributed by atoms with Crippen LogP contribution in [0, 0.1) is 3.57 Å². The lowest BCUT2D eigenvalue weighted by Crippen LogP contribution is -2.50. The Hall–Kier alpha value is -0.830. The monoisotopic (exact) mass is 466 g/mol. The summed E-state index contributed by atoms with van der Waals surface area (Å²) in [6, 6.07) is 5.69. The number of rotatable bonds is 2. The van der Waals surface area contributed by atoms with Gasteiger partial charge in [-0.1, -0.05) is 0 Å². The molecule has 1 aromatic rings. The number of nitrogens with zero attached hydrogens (tertiary/aromatic N) is 2. The third-order valence-corrected chi connectivity index (χ3v) is 4.61. The molecule has 21 heavy (non-hydrogen) atoms. The zero-order chi connectivity index (χ0) is 15.4. The molecular weight excluding hydrogens is 451 g/mol. The van der Waals surface area contributed by atoms with Gasteiger partial charge in [-0.25, -0.2) is 4.79 Å². The third kappa shape index (κ3) is 4.09. The van der Waals surface area contributed by atoms with Crippen molar-refractivity contribution in [3.8, 4) is 0 Å². The minimum absolute atomic E-state index is 0.0103. The molecule has 114 valence electrons. The molecule has 0 aliphatic carbocycles. The topological polar surface area (TPSA) is 49.9 Å². The lowest BCUT2D eigenvalue weighted by molar-refractivity contribution is 0.0569. The first-order chi connectivity index (χ1) is 10.0. The number of hydrogen-bond acceptors (Lipinski definition) is 3. The second kappa shape index (κ2) is 7.44. The van der Waals surface area contributed by atoms with Gasteiger partial charge in [0.25, 0.3) is 5.91 Å². The smallest absolute Gasteiger partial charge is 0.409 e. The lowest BCUT2D eigenvalue weighted by atomic mass is 10.2. The number of carbonyl (C=O) groups is 2. The number of amides is 2. The number of hydrogen-bond donors (Lipinski definition) is 0. The van der Waals surface area contributed by atoms with E-state index < -0.39 is 0 Å². The third-order valence-electron chi connectivity index (χ3n) is 3.25. The predicted octanol–water partition coefficient (Wildman–Crippen LogP) is 2.97. The van der Waals surface area contributed by atoms with Crippen LogP contribution in [0.1, 0.15) is 17.3 Å². The molecule has 0 N–H and O–H groups in total. The van der Waals surface area contributed by atoms with E-state index in [1.54, 1.807) is 16.7 Å². The maximum atomic E-state index is 12.5. The molecule has 2 rings (SSSR count). The average molecular weight is 467 g/mol. The summed E-state index contributed by atoms with van der Waals surface area (Å²) in [6.45, 7) is 4.21. The van der Waals surface area contributed by atoms with Crippen LogP contribution in [0.15, 0.2) is 22.7 Å². The van der Waals surface area contributed by atoms with Gasteiger partial charge in [0.05, 0.1) is 12.2 Å². The van der Waals surface area contributed by atoms with E-state index in [0.29, 0.717) is 38.3 Å². The highest BCUT2D eigenvalue weighted by Gasteiger charge is 2.26. The molecule has 1 aliphatic rings. The summed E-state index contributed by atoms with van der Waals surface area (Å²) in [5.41, 5.74) is 0.659. The number of piperazine rings is 1. The molecule has 0 bridgehead atoms. The van der Waals surface area contributed by atoms with Gasteiger partial charge in [0.15, 0.2) is 0 Å². The fourth-order valence-electron chi connectivity index (χ4n) is 2.14. The van der Waals surface area contributed by atoms with Crippen molar-refractivity contribution in [2.45, 2.75) is 6.92 Å². The van der Waals surface area contributed by atoms with Gasteiger partial charge in [-0.3, -0.25) is 4.79 Å². The van der Waals surface area contributed by atoms with E-state index in [4.69, 9.17) is 4.74 Å². The van der Waals surface area contributed by atoms with Crippen molar-refractivity contribution in [1.82, 2.24) is 9.80 Å². The van der Waals surface area contributed by atoms with Gasteiger partial charge < -0.3 is 14.5 Å². The first kappa shape index (κ1) is 16.5. The molecular formula is C14H16BrIN2O3. The van der Waals surface area contributed by atoms with Gasteiger partial charge in [0, 0.05) is 34.2 Å². The molecule has 2 amide bonds. The van der Waals surface area contributed by atoms with Crippen LogP contribution >= 0.6 is 38.5 Å². The van der Waals surface area contributed by atoms with E-state index >= 15 is 0 Å². The van der Waals surface area contributed by atoms with Gasteiger partial charge in [0.2, 0.25) is 0 Å². The first-order valence-electron chi connectivity index (χ1n) is 6.69. The highest BCUT2D eigenvalue weighted by atomic mass is 127. The molecule has 1 aliphatic heterocycles. The summed E-state index contributed by atoms with van der Waals surface area (Å²) in [5, 5.41) is 0. The quantitative estimate of drug-likeness (QED) is 0.629. The fourth-order valence-corrected chi connectivity index (χ4v) is 3.05. The van der Waals surface area contributed by atoms with Crippen molar-refractivity contribution in [1.29, 1.82) is 0 Å². The Balaban J connectivity index is 2.00. The maximum absolute atomic E-state index is 12.5. The van der Waals surface area contributed by atoms with Crippen LogP contribution in [0.5, 0.6) is 0 Å². The molecule has 0 atom stereocenters. The Morgan fingerprint density at radius 2 is 1.86 bits per heavy atom. The van der Waals surface area contributed by atoms with E-state index in [1.807, 2.05) is 18.2 Å². The van der Waals surface area contributed by atoms with Gasteiger partial charge in [-0.05, 0) is 63.6 Å². The summed E-state index contributed by atoms with van der Waals surface area (Å²) in [6.07, 6.45) is -0.306. The Labute approximate surface area is 145 Å². The van der Waals surface area contributed by atoms with E-state index in [9.17, 15) is 9.59 Å². The fraction of sp³-hybridized carbons (Fsp3) is 0.429. The highest BCUT2D eigenvalue weighted by Crippen LogP contribution is 2.21. The van der Waals surface area contributed by atoms with Crippen LogP contribution in [0.4, 0.5) is 4.79 Å². The molecule has 7 heteroatoms. The van der Waals surface area contributed by atoms with Crippen LogP contribution in [-0.2, 0) is 4.74 Å². The van der Waals surface area contributed by atoms with Crippen molar-refractivity contribution in [3.05, 3.63) is 31.8 Å². The minimum Gasteiger partial charge on any atom is -0.450 e. The van der Waals surface area contributed by atoms with Crippen LogP contribution in [0.25, 0.3) is 0 Å². The van der Waals surface area contributed by atoms with E-state index in [-0.39, 0.29) is 12.0 Å². The molecule has 0 radical (unpaired) electrons. The molecule has 0 saturated carbocycles. The predicted molar refractivity (Wildman–Crippen MR) is 91.4 cm³/mol. The summed E-state index contributed by atoms with van der Waals surface area (Å²) in [5.74, 6) is -0.0103. The molecule has 1 saturated heterocycles. The van der Waals surface area contributed by atoms with Crippen LogP contribution in [0.3, 0.4) is 0 Å². The van der Waals surface area contributed by atoms with Gasteiger partial charge in [-0.15, -0.1) is 0 Å². The van der Waals surface area contributed by atoms with Gasteiger partial charge in [0.1, 0.15) is 0 Å². The second-order valence-corrected chi connectivity index (χ2v) is 6.70. The van der Waals surface area contributed by atoms with Gasteiger partial charge >= 0.3 is 6.09 Å². The molecule has 0 aromatic heterocycles. The largest absolute Gasteiger partial charge is 0.450 e. The summed E-state index contributed by atoms with van der Waals surface area (Å²) in [4.78, 5) is 27.6. The van der Waals surface area contributed by atoms with Crippen molar-refractivity contribution < 1.29 is 14.3 Å². The number of ether oxygens (including phenoxy) is 1. The first-order valence-corrected chi connectivity index (χ1v) is 8.56. The molecule has 1 fully saturated rings. The average Bonchev–Trinajstić information content (AvgIpc) is 2.49. The zero-order valence-electron chi connectivity index (χ0n) is 11.6. The zero-order valence-corrected chi connectivity index (χ0v) is 15.4. The second-order valence-electron chi connectivity index (χ2n) is 4.60. The number of benzene rings is 1. The molecule has 0 spiro atoms. The molecule has 1 aromatic carbocycles. The maximum Gasteiger partial charge on any atom is 0.409 e. The van der Waals surface area contributed by atoms with Crippen molar-refractivity contribution in [2.75, 3.05) is 32.8 Å². The Morgan fingerprint density at radius 3 is 2.48 bits per heavy atom. The molecule has 5 nitrogen and oxygen atoms in total. The van der Waals surface area contributed by atoms with E-state index in [2.05, 4.69) is 38.5 Å². The minimum atomic E-state index is -0.306. The summed E-state index contributed by atoms with van der Waals surface area (Å²) < 4.78 is 6.78. The summed E-state index contributed by atoms with van der Waals surface area (Å²) >= 11 is 5.60. The summed E-state index contributed by atoms with van der Waals surface area (Å²) in [7, 11) is 0. The highest BCUT2D eigenvalue weighted by molar-refractivity contribution is 14.1. The Bertz CT molecular complexity index is 545. The van der Waals surface area contributed by atoms with Crippen LogP contribution < -0.4 is 0 Å². The van der Waals surface area contributed by atoms with Crippen molar-refractivity contribution >= 4 is 50.5 Å². The lowest BCUT2D eigenvalue weighted by Gasteiger charge is -2.34. The van der Waals surface area contributed by atoms with E-state index in [0.717, 1.165) is 8.04 Å². The van der Waals surface area contributed by atoms with Crippen LogP contribution in [-0.4, -0.2) is 54.6 Å². The molecule has 0 unspecified atom stereocenters. The Kier molecular flexibility index (Phi) is 5.86. The number of halogens is 2. The normalized spacial score (nSPS) is 15.0. The van der Waals surface area contributed by atoms with E-state index in [1.165, 1.54) is 0 Å². The number of carbonyl (C=O) groups excluding carboxylic acids is 2. The Morgan fingerprint density at radius 1 is 1.24 bits per heavy atom. The SMILES string of the molecule is CCOC(=O)N1CCN(C(=O)c2cc(I)ccc2Br)CC1. The van der Waals surface area contributed by atoms with Crippen molar-refractivity contribution in [3.63, 3.8) is 0 Å². The van der Waals surface area contributed by atoms with Gasteiger partial charge in [-0.2, -0.15) is 0 Å². The standard InChI is InChI=1S/C14H16BrIN2O3/c1-2-21-14(20)18-7-5-17(6-8-18)13(19)11-9-10(16)3-4-12(11)15/h3-4,9H,2,5-8H2,1H3.